The van der Waals surface area contributed by atoms with Gasteiger partial charge in [0.25, 0.3) is 0 Å². The second-order valence-corrected chi connectivity index (χ2v) is 10.1. The molecule has 6 nitrogen and oxygen atoms in total. The molecule has 0 fully saturated rings. The lowest BCUT2D eigenvalue weighted by atomic mass is 9.95. The molecule has 0 heterocycles. The number of hydrogen-bond donors (Lipinski definition) is 0. The molecule has 0 aromatic heterocycles. The van der Waals surface area contributed by atoms with Gasteiger partial charge in [-0.05, 0) is 107 Å². The van der Waals surface area contributed by atoms with Gasteiger partial charge in [0.2, 0.25) is 0 Å². The van der Waals surface area contributed by atoms with E-state index in [1.54, 1.807) is 0 Å². The van der Waals surface area contributed by atoms with Gasteiger partial charge in [0.1, 0.15) is 37.1 Å². The van der Waals surface area contributed by atoms with Crippen molar-refractivity contribution in [3.05, 3.63) is 89.5 Å². The van der Waals surface area contributed by atoms with Crippen molar-refractivity contribution >= 4 is 11.6 Å². The lowest BCUT2D eigenvalue weighted by Crippen LogP contribution is -2.19. The van der Waals surface area contributed by atoms with Crippen LogP contribution in [0.2, 0.25) is 0 Å². The summed E-state index contributed by atoms with van der Waals surface area (Å²) in [7, 11) is 12.3. The average Bonchev–Trinajstić information content (AvgIpc) is 2.88. The summed E-state index contributed by atoms with van der Waals surface area (Å²) in [6, 6.07) is 24.9. The molecule has 0 bridgehead atoms. The molecule has 0 N–H and O–H groups in total. The van der Waals surface area contributed by atoms with Crippen molar-refractivity contribution in [2.24, 2.45) is 0 Å². The van der Waals surface area contributed by atoms with Crippen molar-refractivity contribution in [2.45, 2.75) is 0 Å². The fraction of sp³-hybridized carbons (Fsp3) is 0.375. The summed E-state index contributed by atoms with van der Waals surface area (Å²) in [5, 5.41) is 0. The maximum atomic E-state index is 6.04. The second kappa shape index (κ2) is 15.2. The van der Waals surface area contributed by atoms with Gasteiger partial charge in [-0.15, -0.1) is 0 Å². The van der Waals surface area contributed by atoms with Crippen molar-refractivity contribution < 1.29 is 14.2 Å². The van der Waals surface area contributed by atoms with Crippen molar-refractivity contribution in [2.75, 3.05) is 81.7 Å². The van der Waals surface area contributed by atoms with E-state index in [9.17, 15) is 0 Å². The maximum absolute atomic E-state index is 6.04. The fourth-order valence-corrected chi connectivity index (χ4v) is 3.72. The van der Waals surface area contributed by atoms with Crippen LogP contribution in [0.15, 0.2) is 72.8 Å². The summed E-state index contributed by atoms with van der Waals surface area (Å²) in [6.45, 7) is 4.55. The Morgan fingerprint density at radius 3 is 1.61 bits per heavy atom. The molecule has 0 saturated heterocycles. The second-order valence-electron chi connectivity index (χ2n) is 10.1. The third kappa shape index (κ3) is 10.2. The molecule has 3 aromatic rings. The molecule has 3 rings (SSSR count). The Morgan fingerprint density at radius 2 is 1.05 bits per heavy atom. The van der Waals surface area contributed by atoms with E-state index in [4.69, 9.17) is 14.2 Å². The Balaban J connectivity index is 1.89. The Kier molecular flexibility index (Phi) is 11.7. The fourth-order valence-electron chi connectivity index (χ4n) is 3.72. The van der Waals surface area contributed by atoms with E-state index in [-0.39, 0.29) is 0 Å². The first-order valence-electron chi connectivity index (χ1n) is 13.2. The highest BCUT2D eigenvalue weighted by atomic mass is 16.5. The van der Waals surface area contributed by atoms with Gasteiger partial charge < -0.3 is 28.9 Å². The summed E-state index contributed by atoms with van der Waals surface area (Å²) in [5.41, 5.74) is 4.38. The van der Waals surface area contributed by atoms with Crippen molar-refractivity contribution in [1.29, 1.82) is 0 Å². The number of benzene rings is 3. The number of rotatable bonds is 15. The molecule has 0 aliphatic carbocycles. The highest BCUT2D eigenvalue weighted by Gasteiger charge is 2.09. The first-order valence-corrected chi connectivity index (χ1v) is 13.2. The molecular weight excluding hydrogens is 474 g/mol. The van der Waals surface area contributed by atoms with Gasteiger partial charge in [-0.3, -0.25) is 0 Å². The topological polar surface area (TPSA) is 37.4 Å². The van der Waals surface area contributed by atoms with Gasteiger partial charge in [-0.25, -0.2) is 0 Å². The summed E-state index contributed by atoms with van der Waals surface area (Å²) in [6.07, 6.45) is 2.21. The summed E-state index contributed by atoms with van der Waals surface area (Å²) in [4.78, 5) is 6.34. The molecule has 0 spiro atoms. The third-order valence-corrected chi connectivity index (χ3v) is 5.90. The summed E-state index contributed by atoms with van der Waals surface area (Å²) >= 11 is 0. The van der Waals surface area contributed by atoms with Crippen LogP contribution in [-0.4, -0.2) is 96.4 Å². The van der Waals surface area contributed by atoms with Crippen LogP contribution < -0.4 is 14.2 Å². The smallest absolute Gasteiger partial charge is 0.119 e. The number of ether oxygens (including phenoxy) is 3. The van der Waals surface area contributed by atoms with Crippen LogP contribution in [0.5, 0.6) is 17.2 Å². The SMILES string of the molecule is CN(C)CCOc1ccc(/C(=C/c2cccc(OCCN(C)C)c2)c2cccc(OCCN(C)C)c2)cc1. The monoisotopic (exact) mass is 517 g/mol. The summed E-state index contributed by atoms with van der Waals surface area (Å²) < 4.78 is 18.0. The number of hydrogen-bond acceptors (Lipinski definition) is 6. The lowest BCUT2D eigenvalue weighted by molar-refractivity contribution is 0.261. The van der Waals surface area contributed by atoms with E-state index in [1.165, 1.54) is 0 Å². The molecule has 0 atom stereocenters. The Labute approximate surface area is 229 Å². The largest absolute Gasteiger partial charge is 0.492 e. The number of likely N-dealkylation sites (N-methyl/N-ethyl adjacent to an activating group) is 3. The Hall–Kier alpha value is -3.32. The van der Waals surface area contributed by atoms with E-state index < -0.39 is 0 Å². The highest BCUT2D eigenvalue weighted by molar-refractivity contribution is 5.92. The quantitative estimate of drug-likeness (QED) is 0.261. The highest BCUT2D eigenvalue weighted by Crippen LogP contribution is 2.30. The van der Waals surface area contributed by atoms with Crippen molar-refractivity contribution in [3.63, 3.8) is 0 Å². The molecule has 6 heteroatoms. The standard InChI is InChI=1S/C32H43N3O3/c1-33(2)17-20-36-29-15-13-27(14-16-29)32(28-10-8-12-31(25-28)38-22-19-35(5)6)24-26-9-7-11-30(23-26)37-21-18-34(3)4/h7-16,23-25H,17-22H2,1-6H3/b32-24-. The first kappa shape index (κ1) is 29.2. The molecule has 0 aliphatic rings. The normalized spacial score (nSPS) is 11.9. The van der Waals surface area contributed by atoms with E-state index in [0.717, 1.165) is 59.1 Å². The molecule has 0 radical (unpaired) electrons. The van der Waals surface area contributed by atoms with Gasteiger partial charge in [0.05, 0.1) is 0 Å². The van der Waals surface area contributed by atoms with E-state index in [2.05, 4.69) is 57.2 Å². The van der Waals surface area contributed by atoms with Gasteiger partial charge >= 0.3 is 0 Å². The molecule has 0 unspecified atom stereocenters. The maximum Gasteiger partial charge on any atom is 0.119 e. The number of nitrogens with zero attached hydrogens (tertiary/aromatic N) is 3. The molecule has 204 valence electrons. The molecule has 3 aromatic carbocycles. The molecular formula is C32H43N3O3. The molecule has 0 saturated carbocycles. The minimum absolute atomic E-state index is 0.640. The van der Waals surface area contributed by atoms with Crippen molar-refractivity contribution in [1.82, 2.24) is 14.7 Å². The predicted octanol–water partition coefficient (Wildman–Crippen LogP) is 5.10. The van der Waals surface area contributed by atoms with Gasteiger partial charge in [-0.1, -0.05) is 36.4 Å². The van der Waals surface area contributed by atoms with Crippen LogP contribution in [-0.2, 0) is 0 Å². The van der Waals surface area contributed by atoms with Crippen LogP contribution >= 0.6 is 0 Å². The molecule has 0 amide bonds. The lowest BCUT2D eigenvalue weighted by Gasteiger charge is -2.15. The van der Waals surface area contributed by atoms with E-state index in [1.807, 2.05) is 78.7 Å². The predicted molar refractivity (Wildman–Crippen MR) is 158 cm³/mol. The zero-order valence-corrected chi connectivity index (χ0v) is 23.8. The van der Waals surface area contributed by atoms with E-state index in [0.29, 0.717) is 19.8 Å². The van der Waals surface area contributed by atoms with Gasteiger partial charge in [0.15, 0.2) is 0 Å². The van der Waals surface area contributed by atoms with E-state index >= 15 is 0 Å². The minimum atomic E-state index is 0.640. The van der Waals surface area contributed by atoms with Gasteiger partial charge in [0, 0.05) is 19.6 Å². The van der Waals surface area contributed by atoms with Crippen LogP contribution in [0.25, 0.3) is 11.6 Å². The first-order chi connectivity index (χ1) is 18.3. The molecule has 0 aliphatic heterocycles. The van der Waals surface area contributed by atoms with Crippen LogP contribution in [0.1, 0.15) is 16.7 Å². The Bertz CT molecular complexity index is 1140. The zero-order valence-electron chi connectivity index (χ0n) is 23.8. The third-order valence-electron chi connectivity index (χ3n) is 5.90. The molecule has 38 heavy (non-hydrogen) atoms. The zero-order chi connectivity index (χ0) is 27.3. The minimum Gasteiger partial charge on any atom is -0.492 e. The summed E-state index contributed by atoms with van der Waals surface area (Å²) in [5.74, 6) is 2.59. The average molecular weight is 518 g/mol. The van der Waals surface area contributed by atoms with Crippen LogP contribution in [0.3, 0.4) is 0 Å². The van der Waals surface area contributed by atoms with Crippen LogP contribution in [0, 0.1) is 0 Å². The van der Waals surface area contributed by atoms with Crippen molar-refractivity contribution in [3.8, 4) is 17.2 Å². The Morgan fingerprint density at radius 1 is 0.553 bits per heavy atom. The van der Waals surface area contributed by atoms with Gasteiger partial charge in [-0.2, -0.15) is 0 Å². The van der Waals surface area contributed by atoms with Crippen LogP contribution in [0.4, 0.5) is 0 Å².